The molecule has 0 radical (unpaired) electrons. The Labute approximate surface area is 194 Å². The Morgan fingerprint density at radius 2 is 1.47 bits per heavy atom. The van der Waals surface area contributed by atoms with Gasteiger partial charge in [-0.15, -0.1) is 0 Å². The first-order valence-corrected chi connectivity index (χ1v) is 10.7. The second kappa shape index (κ2) is 9.59. The van der Waals surface area contributed by atoms with E-state index in [0.717, 1.165) is 28.3 Å². The molecule has 176 valence electrons. The molecular weight excluding hydrogens is 447 g/mol. The minimum absolute atomic E-state index is 0.00308. The van der Waals surface area contributed by atoms with E-state index in [1.165, 1.54) is 18.2 Å². The van der Waals surface area contributed by atoms with Crippen LogP contribution in [0.2, 0.25) is 0 Å². The maximum absolute atomic E-state index is 13.2. The summed E-state index contributed by atoms with van der Waals surface area (Å²) >= 11 is 0. The summed E-state index contributed by atoms with van der Waals surface area (Å²) < 4.78 is 44.9. The van der Waals surface area contributed by atoms with E-state index in [1.54, 1.807) is 0 Å². The minimum Gasteiger partial charge on any atom is -0.480 e. The predicted octanol–water partition coefficient (Wildman–Crippen LogP) is 5.63. The highest BCUT2D eigenvalue weighted by atomic mass is 19.4. The van der Waals surface area contributed by atoms with Crippen molar-refractivity contribution in [1.29, 1.82) is 0 Å². The number of fused-ring (bicyclic) bond motifs is 3. The van der Waals surface area contributed by atoms with Crippen LogP contribution in [0, 0.1) is 0 Å². The molecule has 0 aliphatic heterocycles. The van der Waals surface area contributed by atoms with Crippen molar-refractivity contribution in [2.24, 2.45) is 0 Å². The minimum atomic E-state index is -4.55. The summed E-state index contributed by atoms with van der Waals surface area (Å²) in [5.74, 6) is -1.54. The van der Waals surface area contributed by atoms with Crippen LogP contribution >= 0.6 is 0 Å². The van der Waals surface area contributed by atoms with Gasteiger partial charge in [0, 0.05) is 5.92 Å². The summed E-state index contributed by atoms with van der Waals surface area (Å²) in [6.07, 6.45) is -5.86. The average Bonchev–Trinajstić information content (AvgIpc) is 3.13. The van der Waals surface area contributed by atoms with Crippen LogP contribution in [0.5, 0.6) is 0 Å². The Kier molecular flexibility index (Phi) is 6.58. The molecule has 1 aliphatic carbocycles. The Morgan fingerprint density at radius 3 is 2.06 bits per heavy atom. The largest absolute Gasteiger partial charge is 0.480 e. The van der Waals surface area contributed by atoms with Crippen LogP contribution in [-0.4, -0.2) is 29.8 Å². The number of carboxylic acid groups (broad SMARTS) is 1. The van der Waals surface area contributed by atoms with Gasteiger partial charge >= 0.3 is 18.2 Å². The van der Waals surface area contributed by atoms with Gasteiger partial charge in [-0.1, -0.05) is 66.7 Å². The van der Waals surface area contributed by atoms with E-state index in [9.17, 15) is 27.9 Å². The highest BCUT2D eigenvalue weighted by Crippen LogP contribution is 2.44. The number of nitrogens with one attached hydrogen (secondary N) is 1. The second-order valence-electron chi connectivity index (χ2n) is 8.05. The van der Waals surface area contributed by atoms with Gasteiger partial charge in [0.25, 0.3) is 0 Å². The van der Waals surface area contributed by atoms with Crippen molar-refractivity contribution in [2.75, 3.05) is 6.61 Å². The topological polar surface area (TPSA) is 75.6 Å². The zero-order chi connectivity index (χ0) is 24.3. The van der Waals surface area contributed by atoms with Gasteiger partial charge in [0.05, 0.1) is 5.56 Å². The number of rotatable bonds is 7. The van der Waals surface area contributed by atoms with Crippen LogP contribution < -0.4 is 5.32 Å². The monoisotopic (exact) mass is 469 g/mol. The molecule has 0 bridgehead atoms. The molecule has 0 aromatic heterocycles. The molecular formula is C26H22F3NO4. The Hall–Kier alpha value is -3.81. The maximum Gasteiger partial charge on any atom is 0.416 e. The van der Waals surface area contributed by atoms with E-state index in [2.05, 4.69) is 5.32 Å². The van der Waals surface area contributed by atoms with Crippen LogP contribution in [-0.2, 0) is 22.1 Å². The molecule has 0 saturated heterocycles. The molecule has 1 aliphatic rings. The molecule has 0 heterocycles. The van der Waals surface area contributed by atoms with E-state index in [4.69, 9.17) is 4.74 Å². The molecule has 4 rings (SSSR count). The second-order valence-corrected chi connectivity index (χ2v) is 8.05. The number of carbonyl (C=O) groups is 2. The Morgan fingerprint density at radius 1 is 0.912 bits per heavy atom. The molecule has 1 amide bonds. The first-order chi connectivity index (χ1) is 16.3. The lowest BCUT2D eigenvalue weighted by molar-refractivity contribution is -0.139. The predicted molar refractivity (Wildman–Crippen MR) is 119 cm³/mol. The van der Waals surface area contributed by atoms with Crippen molar-refractivity contribution >= 4 is 12.1 Å². The number of alkyl carbamates (subject to hydrolysis) is 1. The van der Waals surface area contributed by atoms with Gasteiger partial charge in [-0.25, -0.2) is 9.59 Å². The molecule has 0 fully saturated rings. The van der Waals surface area contributed by atoms with Crippen molar-refractivity contribution in [3.8, 4) is 11.1 Å². The van der Waals surface area contributed by atoms with Gasteiger partial charge in [0.2, 0.25) is 0 Å². The zero-order valence-corrected chi connectivity index (χ0v) is 18.0. The SMILES string of the molecule is O=C(NC(CCc1ccccc1C(F)(F)F)C(=O)O)OCC1c2ccccc2-c2ccccc21. The lowest BCUT2D eigenvalue weighted by atomic mass is 9.98. The van der Waals surface area contributed by atoms with Gasteiger partial charge in [0.15, 0.2) is 0 Å². The van der Waals surface area contributed by atoms with Crippen LogP contribution in [0.1, 0.15) is 34.6 Å². The highest BCUT2D eigenvalue weighted by Gasteiger charge is 2.33. The van der Waals surface area contributed by atoms with E-state index in [1.807, 2.05) is 48.5 Å². The lowest BCUT2D eigenvalue weighted by Gasteiger charge is -2.18. The number of carbonyl (C=O) groups excluding carboxylic acids is 1. The molecule has 0 saturated carbocycles. The van der Waals surface area contributed by atoms with Crippen molar-refractivity contribution in [2.45, 2.75) is 31.0 Å². The van der Waals surface area contributed by atoms with Gasteiger partial charge in [0.1, 0.15) is 12.6 Å². The fraction of sp³-hybridized carbons (Fsp3) is 0.231. The van der Waals surface area contributed by atoms with Crippen molar-refractivity contribution in [1.82, 2.24) is 5.32 Å². The first-order valence-electron chi connectivity index (χ1n) is 10.7. The lowest BCUT2D eigenvalue weighted by Crippen LogP contribution is -2.41. The number of hydrogen-bond donors (Lipinski definition) is 2. The average molecular weight is 469 g/mol. The van der Waals surface area contributed by atoms with Crippen LogP contribution in [0.3, 0.4) is 0 Å². The number of alkyl halides is 3. The third-order valence-electron chi connectivity index (χ3n) is 5.96. The summed E-state index contributed by atoms with van der Waals surface area (Å²) in [7, 11) is 0. The number of amides is 1. The summed E-state index contributed by atoms with van der Waals surface area (Å²) in [5, 5.41) is 11.8. The summed E-state index contributed by atoms with van der Waals surface area (Å²) in [6.45, 7) is 0.00308. The normalized spacial score (nSPS) is 13.6. The molecule has 3 aromatic rings. The number of aliphatic carboxylic acids is 1. The molecule has 2 N–H and O–H groups in total. The quantitative estimate of drug-likeness (QED) is 0.470. The van der Waals surface area contributed by atoms with Gasteiger partial charge in [-0.2, -0.15) is 13.2 Å². The van der Waals surface area contributed by atoms with E-state index < -0.39 is 29.8 Å². The van der Waals surface area contributed by atoms with E-state index in [0.29, 0.717) is 0 Å². The van der Waals surface area contributed by atoms with Crippen LogP contribution in [0.4, 0.5) is 18.0 Å². The van der Waals surface area contributed by atoms with E-state index >= 15 is 0 Å². The number of halogens is 3. The van der Waals surface area contributed by atoms with Crippen molar-refractivity contribution < 1.29 is 32.6 Å². The Bertz CT molecular complexity index is 1160. The van der Waals surface area contributed by atoms with E-state index in [-0.39, 0.29) is 30.9 Å². The van der Waals surface area contributed by atoms with Crippen molar-refractivity contribution in [3.63, 3.8) is 0 Å². The van der Waals surface area contributed by atoms with Gasteiger partial charge < -0.3 is 15.2 Å². The van der Waals surface area contributed by atoms with Crippen LogP contribution in [0.15, 0.2) is 72.8 Å². The first kappa shape index (κ1) is 23.4. The number of ether oxygens (including phenoxy) is 1. The smallest absolute Gasteiger partial charge is 0.416 e. The fourth-order valence-electron chi connectivity index (χ4n) is 4.35. The maximum atomic E-state index is 13.2. The van der Waals surface area contributed by atoms with Gasteiger partial charge in [-0.05, 0) is 46.7 Å². The molecule has 3 aromatic carbocycles. The molecule has 5 nitrogen and oxygen atoms in total. The Balaban J connectivity index is 1.40. The van der Waals surface area contributed by atoms with Crippen LogP contribution in [0.25, 0.3) is 11.1 Å². The third kappa shape index (κ3) is 4.90. The third-order valence-corrected chi connectivity index (χ3v) is 5.96. The number of benzene rings is 3. The van der Waals surface area contributed by atoms with Crippen molar-refractivity contribution in [3.05, 3.63) is 95.1 Å². The number of hydrogen-bond acceptors (Lipinski definition) is 3. The summed E-state index contributed by atoms with van der Waals surface area (Å²) in [5.41, 5.74) is 3.28. The fourth-order valence-corrected chi connectivity index (χ4v) is 4.35. The standard InChI is InChI=1S/C26H22F3NO4/c27-26(28,29)22-12-6-1-7-16(22)13-14-23(24(31)32)30-25(33)34-15-21-19-10-4-2-8-17(19)18-9-3-5-11-20(18)21/h1-12,21,23H,13-15H2,(H,30,33)(H,31,32). The zero-order valence-electron chi connectivity index (χ0n) is 18.0. The molecule has 8 heteroatoms. The molecule has 34 heavy (non-hydrogen) atoms. The number of aryl methyl sites for hydroxylation is 1. The molecule has 0 spiro atoms. The molecule has 1 unspecified atom stereocenters. The number of carboxylic acids is 1. The van der Waals surface area contributed by atoms with Gasteiger partial charge in [-0.3, -0.25) is 0 Å². The highest BCUT2D eigenvalue weighted by molar-refractivity contribution is 5.81. The summed E-state index contributed by atoms with van der Waals surface area (Å²) in [4.78, 5) is 24.0. The molecule has 1 atom stereocenters. The summed E-state index contributed by atoms with van der Waals surface area (Å²) in [6, 6.07) is 19.2.